The van der Waals surface area contributed by atoms with Gasteiger partial charge in [-0.05, 0) is 31.9 Å². The van der Waals surface area contributed by atoms with Gasteiger partial charge in [0.1, 0.15) is 6.04 Å². The fourth-order valence-electron chi connectivity index (χ4n) is 1.89. The van der Waals surface area contributed by atoms with E-state index in [0.29, 0.717) is 5.96 Å². The third-order valence-electron chi connectivity index (χ3n) is 2.67. The van der Waals surface area contributed by atoms with Gasteiger partial charge in [0.15, 0.2) is 5.96 Å². The number of nitrogens with zero attached hydrogens (tertiary/aromatic N) is 1. The fourth-order valence-corrected chi connectivity index (χ4v) is 2.86. The first kappa shape index (κ1) is 12.1. The number of carbonyl (C=O) groups excluding carboxylic acids is 1. The molecule has 1 atom stereocenters. The van der Waals surface area contributed by atoms with Gasteiger partial charge in [-0.25, -0.2) is 0 Å². The summed E-state index contributed by atoms with van der Waals surface area (Å²) in [4.78, 5) is 18.6. The molecule has 0 bridgehead atoms. The molecule has 0 radical (unpaired) electrons. The number of aliphatic imine (C=N–C) groups is 1. The molecule has 1 fully saturated rings. The van der Waals surface area contributed by atoms with Crippen LogP contribution in [0.15, 0.2) is 11.1 Å². The van der Waals surface area contributed by atoms with Crippen molar-refractivity contribution in [3.63, 3.8) is 0 Å². The number of amides is 1. The predicted octanol–water partition coefficient (Wildman–Crippen LogP) is 1.89. The molecular weight excluding hydrogens is 234 g/mol. The third-order valence-corrected chi connectivity index (χ3v) is 3.65. The largest absolute Gasteiger partial charge is 0.340 e. The second-order valence-corrected chi connectivity index (χ2v) is 5.63. The lowest BCUT2D eigenvalue weighted by Gasteiger charge is -2.06. The molecule has 5 heteroatoms. The summed E-state index contributed by atoms with van der Waals surface area (Å²) in [6, 6.07) is 1.79. The van der Waals surface area contributed by atoms with E-state index in [4.69, 9.17) is 0 Å². The lowest BCUT2D eigenvalue weighted by molar-refractivity contribution is -0.120. The summed E-state index contributed by atoms with van der Waals surface area (Å²) in [6.45, 7) is 6.89. The average Bonchev–Trinajstić information content (AvgIpc) is 2.79. The van der Waals surface area contributed by atoms with Crippen molar-refractivity contribution >= 4 is 23.2 Å². The van der Waals surface area contributed by atoms with Crippen LogP contribution in [0.3, 0.4) is 0 Å². The van der Waals surface area contributed by atoms with Crippen molar-refractivity contribution in [3.8, 4) is 0 Å². The highest BCUT2D eigenvalue weighted by molar-refractivity contribution is 7.12. The molecule has 4 nitrogen and oxygen atoms in total. The smallest absolute Gasteiger partial charge is 0.253 e. The predicted molar refractivity (Wildman–Crippen MR) is 70.4 cm³/mol. The number of guanidine groups is 1. The van der Waals surface area contributed by atoms with Crippen LogP contribution < -0.4 is 10.6 Å². The molecule has 0 aliphatic carbocycles. The molecule has 1 aromatic rings. The van der Waals surface area contributed by atoms with Crippen molar-refractivity contribution in [3.05, 3.63) is 21.4 Å². The molecule has 1 aliphatic heterocycles. The second kappa shape index (κ2) is 4.87. The molecule has 0 saturated carbocycles. The van der Waals surface area contributed by atoms with Gasteiger partial charge in [0.05, 0.1) is 0 Å². The van der Waals surface area contributed by atoms with Crippen molar-refractivity contribution in [1.29, 1.82) is 0 Å². The first-order valence-corrected chi connectivity index (χ1v) is 6.62. The number of carbonyl (C=O) groups is 1. The Morgan fingerprint density at radius 2 is 2.24 bits per heavy atom. The quantitative estimate of drug-likeness (QED) is 0.862. The van der Waals surface area contributed by atoms with E-state index < -0.39 is 0 Å². The lowest BCUT2D eigenvalue weighted by atomic mass is 10.1. The Labute approximate surface area is 105 Å². The molecular formula is C12H17N3OS. The monoisotopic (exact) mass is 251 g/mol. The lowest BCUT2D eigenvalue weighted by Crippen LogP contribution is -2.25. The summed E-state index contributed by atoms with van der Waals surface area (Å²) >= 11 is 1.72. The molecule has 1 saturated heterocycles. The summed E-state index contributed by atoms with van der Waals surface area (Å²) in [5.74, 6) is 0.589. The summed E-state index contributed by atoms with van der Waals surface area (Å²) in [5.41, 5.74) is 1.06. The van der Waals surface area contributed by atoms with Crippen molar-refractivity contribution in [2.24, 2.45) is 4.99 Å². The van der Waals surface area contributed by atoms with Crippen molar-refractivity contribution in [1.82, 2.24) is 10.6 Å². The SMILES string of the molecule is CCCN=C1NC(=O)C(c2cc(C)sc2C)N1. The molecule has 2 heterocycles. The Hall–Kier alpha value is -1.36. The maximum absolute atomic E-state index is 11.9. The molecule has 92 valence electrons. The minimum atomic E-state index is -0.282. The summed E-state index contributed by atoms with van der Waals surface area (Å²) < 4.78 is 0. The molecule has 1 amide bonds. The summed E-state index contributed by atoms with van der Waals surface area (Å²) in [5, 5.41) is 5.92. The van der Waals surface area contributed by atoms with Gasteiger partial charge in [-0.2, -0.15) is 0 Å². The highest BCUT2D eigenvalue weighted by atomic mass is 32.1. The van der Waals surface area contributed by atoms with E-state index in [1.165, 1.54) is 9.75 Å². The van der Waals surface area contributed by atoms with Gasteiger partial charge in [0, 0.05) is 16.3 Å². The Morgan fingerprint density at radius 3 is 2.82 bits per heavy atom. The molecule has 1 unspecified atom stereocenters. The van der Waals surface area contributed by atoms with E-state index in [2.05, 4.69) is 35.5 Å². The first-order chi connectivity index (χ1) is 8.11. The standard InChI is InChI=1S/C12H17N3OS/c1-4-5-13-12-14-10(11(16)15-12)9-6-7(2)17-8(9)3/h6,10H,4-5H2,1-3H3,(H2,13,14,15,16). The minimum Gasteiger partial charge on any atom is -0.340 e. The van der Waals surface area contributed by atoms with Crippen LogP contribution in [0.25, 0.3) is 0 Å². The zero-order valence-electron chi connectivity index (χ0n) is 10.3. The number of rotatable bonds is 3. The van der Waals surface area contributed by atoms with E-state index in [-0.39, 0.29) is 11.9 Å². The summed E-state index contributed by atoms with van der Waals surface area (Å²) in [7, 11) is 0. The van der Waals surface area contributed by atoms with Crippen LogP contribution in [-0.4, -0.2) is 18.4 Å². The van der Waals surface area contributed by atoms with E-state index in [9.17, 15) is 4.79 Å². The first-order valence-electron chi connectivity index (χ1n) is 5.80. The maximum atomic E-state index is 11.9. The van der Waals surface area contributed by atoms with E-state index in [1.807, 2.05) is 6.92 Å². The molecule has 17 heavy (non-hydrogen) atoms. The fraction of sp³-hybridized carbons (Fsp3) is 0.500. The summed E-state index contributed by atoms with van der Waals surface area (Å²) in [6.07, 6.45) is 0.975. The number of nitrogens with one attached hydrogen (secondary N) is 2. The molecule has 0 aromatic carbocycles. The van der Waals surface area contributed by atoms with Crippen LogP contribution in [-0.2, 0) is 4.79 Å². The van der Waals surface area contributed by atoms with Crippen LogP contribution in [0.5, 0.6) is 0 Å². The van der Waals surface area contributed by atoms with Gasteiger partial charge in [0.25, 0.3) is 5.91 Å². The number of hydrogen-bond donors (Lipinski definition) is 2. The topological polar surface area (TPSA) is 53.5 Å². The van der Waals surface area contributed by atoms with Gasteiger partial charge in [-0.15, -0.1) is 11.3 Å². The van der Waals surface area contributed by atoms with E-state index in [1.54, 1.807) is 11.3 Å². The van der Waals surface area contributed by atoms with Crippen LogP contribution >= 0.6 is 11.3 Å². The molecule has 0 spiro atoms. The Bertz CT molecular complexity index is 464. The second-order valence-electron chi connectivity index (χ2n) is 4.17. The highest BCUT2D eigenvalue weighted by Crippen LogP contribution is 2.27. The van der Waals surface area contributed by atoms with Crippen LogP contribution in [0, 0.1) is 13.8 Å². The molecule has 2 N–H and O–H groups in total. The zero-order chi connectivity index (χ0) is 12.4. The normalized spacial score (nSPS) is 21.7. The number of aryl methyl sites for hydroxylation is 2. The molecule has 1 aliphatic rings. The van der Waals surface area contributed by atoms with E-state index in [0.717, 1.165) is 18.5 Å². The van der Waals surface area contributed by atoms with Crippen molar-refractivity contribution in [2.75, 3.05) is 6.54 Å². The van der Waals surface area contributed by atoms with Gasteiger partial charge in [0.2, 0.25) is 0 Å². The van der Waals surface area contributed by atoms with Gasteiger partial charge >= 0.3 is 0 Å². The van der Waals surface area contributed by atoms with Crippen molar-refractivity contribution < 1.29 is 4.79 Å². The Kier molecular flexibility index (Phi) is 3.47. The van der Waals surface area contributed by atoms with Crippen LogP contribution in [0.4, 0.5) is 0 Å². The third kappa shape index (κ3) is 2.49. The van der Waals surface area contributed by atoms with Gasteiger partial charge in [-0.3, -0.25) is 15.1 Å². The van der Waals surface area contributed by atoms with Gasteiger partial charge < -0.3 is 5.32 Å². The van der Waals surface area contributed by atoms with Crippen molar-refractivity contribution in [2.45, 2.75) is 33.2 Å². The minimum absolute atomic E-state index is 0.0132. The highest BCUT2D eigenvalue weighted by Gasteiger charge is 2.31. The van der Waals surface area contributed by atoms with Crippen LogP contribution in [0.1, 0.15) is 34.7 Å². The molecule has 2 rings (SSSR count). The van der Waals surface area contributed by atoms with E-state index >= 15 is 0 Å². The average molecular weight is 251 g/mol. The number of hydrogen-bond acceptors (Lipinski definition) is 3. The Balaban J connectivity index is 2.18. The van der Waals surface area contributed by atoms with Gasteiger partial charge in [-0.1, -0.05) is 6.92 Å². The Morgan fingerprint density at radius 1 is 1.47 bits per heavy atom. The van der Waals surface area contributed by atoms with Crippen LogP contribution in [0.2, 0.25) is 0 Å². The number of thiophene rings is 1. The zero-order valence-corrected chi connectivity index (χ0v) is 11.1. The maximum Gasteiger partial charge on any atom is 0.253 e. The molecule has 1 aromatic heterocycles.